The van der Waals surface area contributed by atoms with Gasteiger partial charge in [-0.25, -0.2) is 9.78 Å². The molecule has 5 rings (SSSR count). The molecule has 0 radical (unpaired) electrons. The van der Waals surface area contributed by atoms with E-state index >= 15 is 0 Å². The lowest BCUT2D eigenvalue weighted by atomic mass is 9.89. The van der Waals surface area contributed by atoms with E-state index < -0.39 is 0 Å². The van der Waals surface area contributed by atoms with Gasteiger partial charge in [0.05, 0.1) is 24.9 Å². The average Bonchev–Trinajstić information content (AvgIpc) is 3.40. The Morgan fingerprint density at radius 3 is 3.03 bits per heavy atom. The quantitative estimate of drug-likeness (QED) is 0.684. The molecule has 0 bridgehead atoms. The second kappa shape index (κ2) is 6.98. The summed E-state index contributed by atoms with van der Waals surface area (Å²) in [6, 6.07) is 1.99. The maximum atomic E-state index is 12.3. The Labute approximate surface area is 168 Å². The van der Waals surface area contributed by atoms with Crippen LogP contribution in [-0.4, -0.2) is 56.5 Å². The van der Waals surface area contributed by atoms with Crippen molar-refractivity contribution in [1.29, 1.82) is 0 Å². The number of rotatable bonds is 5. The molecule has 3 aromatic rings. The van der Waals surface area contributed by atoms with Gasteiger partial charge in [0.1, 0.15) is 11.9 Å². The van der Waals surface area contributed by atoms with Crippen LogP contribution < -0.4 is 5.32 Å². The second-order valence-corrected chi connectivity index (χ2v) is 8.65. The first-order chi connectivity index (χ1) is 14.1. The molecule has 4 heterocycles. The van der Waals surface area contributed by atoms with E-state index in [0.717, 1.165) is 41.9 Å². The van der Waals surface area contributed by atoms with Crippen molar-refractivity contribution in [2.45, 2.75) is 45.1 Å². The summed E-state index contributed by atoms with van der Waals surface area (Å²) in [4.78, 5) is 19.8. The van der Waals surface area contributed by atoms with E-state index in [-0.39, 0.29) is 23.5 Å². The van der Waals surface area contributed by atoms with Gasteiger partial charge < -0.3 is 19.8 Å². The summed E-state index contributed by atoms with van der Waals surface area (Å²) in [6.45, 7) is 6.21. The van der Waals surface area contributed by atoms with Crippen LogP contribution in [0.25, 0.3) is 16.8 Å². The van der Waals surface area contributed by atoms with Gasteiger partial charge >= 0.3 is 6.09 Å². The first-order valence-corrected chi connectivity index (χ1v) is 10.3. The fourth-order valence-corrected chi connectivity index (χ4v) is 4.61. The molecule has 154 valence electrons. The molecule has 3 atom stereocenters. The van der Waals surface area contributed by atoms with Crippen molar-refractivity contribution in [3.63, 3.8) is 0 Å². The fraction of sp³-hybridized carbons (Fsp3) is 0.600. The number of hydrogen-bond donors (Lipinski definition) is 2. The third kappa shape index (κ3) is 3.23. The van der Waals surface area contributed by atoms with Gasteiger partial charge in [-0.2, -0.15) is 0 Å². The van der Waals surface area contributed by atoms with Crippen molar-refractivity contribution in [3.8, 4) is 0 Å². The van der Waals surface area contributed by atoms with Crippen molar-refractivity contribution in [2.75, 3.05) is 19.8 Å². The molecular formula is C20H26N6O3. The van der Waals surface area contributed by atoms with Gasteiger partial charge in [0.2, 0.25) is 0 Å². The van der Waals surface area contributed by atoms with Crippen LogP contribution in [0, 0.1) is 11.3 Å². The van der Waals surface area contributed by atoms with Crippen molar-refractivity contribution >= 4 is 22.9 Å². The van der Waals surface area contributed by atoms with Crippen LogP contribution >= 0.6 is 0 Å². The zero-order valence-electron chi connectivity index (χ0n) is 16.7. The molecule has 1 saturated heterocycles. The van der Waals surface area contributed by atoms with Gasteiger partial charge in [-0.15, -0.1) is 10.2 Å². The van der Waals surface area contributed by atoms with Gasteiger partial charge in [0.25, 0.3) is 0 Å². The molecule has 1 saturated carbocycles. The summed E-state index contributed by atoms with van der Waals surface area (Å²) >= 11 is 0. The molecule has 3 aromatic heterocycles. The van der Waals surface area contributed by atoms with Crippen molar-refractivity contribution in [2.24, 2.45) is 11.3 Å². The average molecular weight is 398 g/mol. The Morgan fingerprint density at radius 2 is 2.28 bits per heavy atom. The molecule has 29 heavy (non-hydrogen) atoms. The third-order valence-electron chi connectivity index (χ3n) is 6.31. The normalized spacial score (nSPS) is 25.9. The summed E-state index contributed by atoms with van der Waals surface area (Å²) in [5.74, 6) is 1.50. The molecule has 0 spiro atoms. The number of alkyl carbamates (subject to hydrolysis) is 1. The van der Waals surface area contributed by atoms with Gasteiger partial charge in [-0.3, -0.25) is 4.40 Å². The van der Waals surface area contributed by atoms with Gasteiger partial charge in [0, 0.05) is 24.1 Å². The van der Waals surface area contributed by atoms with Crippen LogP contribution in [0.5, 0.6) is 0 Å². The Balaban J connectivity index is 1.33. The number of nitrogens with zero attached hydrogens (tertiary/aromatic N) is 4. The van der Waals surface area contributed by atoms with E-state index in [2.05, 4.69) is 43.7 Å². The van der Waals surface area contributed by atoms with E-state index in [1.807, 2.05) is 12.3 Å². The SMILES string of the molecule is CCC1CC(OC(=O)NCC2(C)COC2)CC1c1nnc2cnc3[nH]ccc3n12. The number of fused-ring (bicyclic) bond motifs is 3. The molecule has 2 N–H and O–H groups in total. The van der Waals surface area contributed by atoms with Crippen LogP contribution in [0.4, 0.5) is 4.79 Å². The van der Waals surface area contributed by atoms with Gasteiger partial charge in [0.15, 0.2) is 11.3 Å². The minimum Gasteiger partial charge on any atom is -0.446 e. The van der Waals surface area contributed by atoms with Crippen LogP contribution in [0.1, 0.15) is 44.9 Å². The molecule has 2 fully saturated rings. The molecule has 1 amide bonds. The second-order valence-electron chi connectivity index (χ2n) is 8.65. The van der Waals surface area contributed by atoms with Crippen LogP contribution in [0.3, 0.4) is 0 Å². The smallest absolute Gasteiger partial charge is 0.407 e. The predicted molar refractivity (Wildman–Crippen MR) is 106 cm³/mol. The van der Waals surface area contributed by atoms with Crippen LogP contribution in [-0.2, 0) is 9.47 Å². The molecule has 2 aliphatic rings. The monoisotopic (exact) mass is 398 g/mol. The fourth-order valence-electron chi connectivity index (χ4n) is 4.61. The summed E-state index contributed by atoms with van der Waals surface area (Å²) in [5, 5.41) is 11.7. The molecule has 9 nitrogen and oxygen atoms in total. The van der Waals surface area contributed by atoms with E-state index in [0.29, 0.717) is 25.7 Å². The molecule has 1 aliphatic heterocycles. The largest absolute Gasteiger partial charge is 0.446 e. The number of carbonyl (C=O) groups is 1. The number of amides is 1. The summed E-state index contributed by atoms with van der Waals surface area (Å²) in [7, 11) is 0. The highest BCUT2D eigenvalue weighted by Gasteiger charge is 2.39. The molecular weight excluding hydrogens is 372 g/mol. The van der Waals surface area contributed by atoms with Crippen molar-refractivity contribution in [3.05, 3.63) is 24.3 Å². The highest BCUT2D eigenvalue weighted by atomic mass is 16.6. The summed E-state index contributed by atoms with van der Waals surface area (Å²) < 4.78 is 13.1. The first-order valence-electron chi connectivity index (χ1n) is 10.3. The molecule has 0 aromatic carbocycles. The lowest BCUT2D eigenvalue weighted by molar-refractivity contribution is -0.0985. The van der Waals surface area contributed by atoms with E-state index in [1.54, 1.807) is 6.20 Å². The van der Waals surface area contributed by atoms with E-state index in [4.69, 9.17) is 9.47 Å². The third-order valence-corrected chi connectivity index (χ3v) is 6.31. The zero-order valence-corrected chi connectivity index (χ0v) is 16.7. The number of ether oxygens (including phenoxy) is 2. The number of carbonyl (C=O) groups excluding carboxylic acids is 1. The maximum Gasteiger partial charge on any atom is 0.407 e. The number of aromatic nitrogens is 5. The van der Waals surface area contributed by atoms with Crippen LogP contribution in [0.15, 0.2) is 18.5 Å². The first kappa shape index (κ1) is 18.4. The minimum absolute atomic E-state index is 0.0274. The summed E-state index contributed by atoms with van der Waals surface area (Å²) in [6.07, 6.45) is 5.73. The van der Waals surface area contributed by atoms with Crippen molar-refractivity contribution < 1.29 is 14.3 Å². The topological polar surface area (TPSA) is 106 Å². The van der Waals surface area contributed by atoms with Crippen molar-refractivity contribution in [1.82, 2.24) is 29.9 Å². The minimum atomic E-state index is -0.345. The Morgan fingerprint density at radius 1 is 1.41 bits per heavy atom. The number of hydrogen-bond acceptors (Lipinski definition) is 6. The van der Waals surface area contributed by atoms with Crippen LogP contribution in [0.2, 0.25) is 0 Å². The molecule has 9 heteroatoms. The number of aromatic amines is 1. The Kier molecular flexibility index (Phi) is 4.42. The predicted octanol–water partition coefficient (Wildman–Crippen LogP) is 2.64. The number of nitrogens with one attached hydrogen (secondary N) is 2. The Bertz CT molecular complexity index is 1040. The van der Waals surface area contributed by atoms with Gasteiger partial charge in [-0.1, -0.05) is 20.3 Å². The standard InChI is InChI=1S/C20H26N6O3/c1-3-12-6-13(29-19(27)23-9-20(2)10-28-11-20)7-14(12)18-25-24-16-8-22-17-15(26(16)18)4-5-21-17/h4-5,8,12-14,21H,3,6-7,9-11H2,1-2H3,(H,23,27). The van der Waals surface area contributed by atoms with E-state index in [9.17, 15) is 4.79 Å². The van der Waals surface area contributed by atoms with E-state index in [1.165, 1.54) is 0 Å². The molecule has 3 unspecified atom stereocenters. The lowest BCUT2D eigenvalue weighted by Crippen LogP contribution is -2.49. The van der Waals surface area contributed by atoms with Gasteiger partial charge in [-0.05, 0) is 24.8 Å². The lowest BCUT2D eigenvalue weighted by Gasteiger charge is -2.37. The molecule has 1 aliphatic carbocycles. The Hall–Kier alpha value is -2.68. The zero-order chi connectivity index (χ0) is 20.0. The highest BCUT2D eigenvalue weighted by molar-refractivity contribution is 5.74. The number of H-pyrrole nitrogens is 1. The highest BCUT2D eigenvalue weighted by Crippen LogP contribution is 2.42. The maximum absolute atomic E-state index is 12.3. The summed E-state index contributed by atoms with van der Waals surface area (Å²) in [5.41, 5.74) is 2.54.